The maximum absolute atomic E-state index is 12.3. The molecule has 1 aliphatic rings. The summed E-state index contributed by atoms with van der Waals surface area (Å²) in [6, 6.07) is 7.68. The van der Waals surface area contributed by atoms with Crippen LogP contribution in [0.25, 0.3) is 0 Å². The molecule has 1 aromatic rings. The molecule has 1 fully saturated rings. The third-order valence-corrected chi connectivity index (χ3v) is 4.13. The third-order valence-electron chi connectivity index (χ3n) is 3.88. The molecule has 1 N–H and O–H groups in total. The van der Waals surface area contributed by atoms with E-state index in [0.29, 0.717) is 11.6 Å². The summed E-state index contributed by atoms with van der Waals surface area (Å²) in [5, 5.41) is 3.82. The minimum Gasteiger partial charge on any atom is -0.373 e. The number of amides is 1. The van der Waals surface area contributed by atoms with Gasteiger partial charge in [0.1, 0.15) is 0 Å². The van der Waals surface area contributed by atoms with Crippen LogP contribution in [0.1, 0.15) is 38.8 Å². The molecule has 1 aromatic carbocycles. The summed E-state index contributed by atoms with van der Waals surface area (Å²) in [6.07, 6.45) is 1.20. The number of ether oxygens (including phenoxy) is 1. The van der Waals surface area contributed by atoms with E-state index in [1.807, 2.05) is 38.1 Å². The van der Waals surface area contributed by atoms with Gasteiger partial charge in [-0.05, 0) is 38.0 Å². The van der Waals surface area contributed by atoms with Crippen molar-refractivity contribution in [2.75, 3.05) is 19.6 Å². The van der Waals surface area contributed by atoms with Gasteiger partial charge in [0.15, 0.2) is 0 Å². The molecule has 0 saturated carbocycles. The molecule has 0 radical (unpaired) electrons. The standard InChI is InChI=1S/C17H25ClN2O2/c1-4-16(14-5-7-15(18)8-6-14)19-17(21)11-20-9-12(2)22-13(3)10-20/h5-8,12-13,16H,4,9-11H2,1-3H3,(H,19,21). The van der Waals surface area contributed by atoms with Crippen molar-refractivity contribution in [1.29, 1.82) is 0 Å². The number of nitrogens with zero attached hydrogens (tertiary/aromatic N) is 1. The molecular formula is C17H25ClN2O2. The van der Waals surface area contributed by atoms with E-state index in [1.165, 1.54) is 0 Å². The molecule has 0 spiro atoms. The zero-order chi connectivity index (χ0) is 16.1. The summed E-state index contributed by atoms with van der Waals surface area (Å²) in [5.74, 6) is 0.0584. The highest BCUT2D eigenvalue weighted by atomic mass is 35.5. The van der Waals surface area contributed by atoms with Crippen molar-refractivity contribution in [3.8, 4) is 0 Å². The molecule has 3 atom stereocenters. The molecule has 22 heavy (non-hydrogen) atoms. The molecule has 0 aliphatic carbocycles. The van der Waals surface area contributed by atoms with Gasteiger partial charge in [0.25, 0.3) is 0 Å². The molecule has 5 heteroatoms. The van der Waals surface area contributed by atoms with Crippen LogP contribution in [0, 0.1) is 0 Å². The van der Waals surface area contributed by atoms with Crippen LogP contribution in [0.5, 0.6) is 0 Å². The number of rotatable bonds is 5. The van der Waals surface area contributed by atoms with E-state index in [2.05, 4.69) is 17.1 Å². The average molecular weight is 325 g/mol. The fourth-order valence-corrected chi connectivity index (χ4v) is 3.10. The van der Waals surface area contributed by atoms with E-state index in [-0.39, 0.29) is 24.2 Å². The molecular weight excluding hydrogens is 300 g/mol. The fourth-order valence-electron chi connectivity index (χ4n) is 2.97. The average Bonchev–Trinajstić information content (AvgIpc) is 2.44. The van der Waals surface area contributed by atoms with Crippen molar-refractivity contribution < 1.29 is 9.53 Å². The van der Waals surface area contributed by atoms with Crippen molar-refractivity contribution in [2.24, 2.45) is 0 Å². The zero-order valence-corrected chi connectivity index (χ0v) is 14.3. The number of carbonyl (C=O) groups excluding carboxylic acids is 1. The molecule has 122 valence electrons. The van der Waals surface area contributed by atoms with Crippen molar-refractivity contribution in [3.63, 3.8) is 0 Å². The van der Waals surface area contributed by atoms with E-state index >= 15 is 0 Å². The summed E-state index contributed by atoms with van der Waals surface area (Å²) in [5.41, 5.74) is 1.09. The monoisotopic (exact) mass is 324 g/mol. The first kappa shape index (κ1) is 17.3. The van der Waals surface area contributed by atoms with Crippen LogP contribution >= 0.6 is 11.6 Å². The fraction of sp³-hybridized carbons (Fsp3) is 0.588. The molecule has 4 nitrogen and oxygen atoms in total. The Morgan fingerprint density at radius 2 is 1.91 bits per heavy atom. The minimum absolute atomic E-state index is 0.0284. The summed E-state index contributed by atoms with van der Waals surface area (Å²) in [4.78, 5) is 14.5. The zero-order valence-electron chi connectivity index (χ0n) is 13.5. The van der Waals surface area contributed by atoms with Crippen molar-refractivity contribution in [3.05, 3.63) is 34.9 Å². The van der Waals surface area contributed by atoms with Crippen molar-refractivity contribution in [2.45, 2.75) is 45.4 Å². The van der Waals surface area contributed by atoms with E-state index in [0.717, 1.165) is 25.1 Å². The first-order valence-electron chi connectivity index (χ1n) is 7.90. The van der Waals surface area contributed by atoms with Crippen molar-refractivity contribution in [1.82, 2.24) is 10.2 Å². The number of halogens is 1. The molecule has 3 unspecified atom stereocenters. The van der Waals surface area contributed by atoms with Crippen LogP contribution in [-0.4, -0.2) is 42.6 Å². The normalized spacial score (nSPS) is 24.0. The molecule has 1 amide bonds. The molecule has 1 aliphatic heterocycles. The smallest absolute Gasteiger partial charge is 0.234 e. The van der Waals surface area contributed by atoms with Crippen LogP contribution in [0.3, 0.4) is 0 Å². The van der Waals surface area contributed by atoms with Crippen LogP contribution in [0.15, 0.2) is 24.3 Å². The van der Waals surface area contributed by atoms with Crippen molar-refractivity contribution >= 4 is 17.5 Å². The van der Waals surface area contributed by atoms with Gasteiger partial charge in [-0.15, -0.1) is 0 Å². The second-order valence-electron chi connectivity index (χ2n) is 6.03. The Labute approximate surface area is 137 Å². The van der Waals surface area contributed by atoms with E-state index in [1.54, 1.807) is 0 Å². The Kier molecular flexibility index (Phi) is 6.24. The summed E-state index contributed by atoms with van der Waals surface area (Å²) in [7, 11) is 0. The van der Waals surface area contributed by atoms with Gasteiger partial charge in [-0.3, -0.25) is 9.69 Å². The van der Waals surface area contributed by atoms with Gasteiger partial charge in [0.05, 0.1) is 24.8 Å². The lowest BCUT2D eigenvalue weighted by atomic mass is 10.0. The second kappa shape index (κ2) is 7.95. The van der Waals surface area contributed by atoms with Gasteiger partial charge in [0, 0.05) is 18.1 Å². The van der Waals surface area contributed by atoms with Gasteiger partial charge in [-0.2, -0.15) is 0 Å². The van der Waals surface area contributed by atoms with Gasteiger partial charge in [-0.25, -0.2) is 0 Å². The first-order chi connectivity index (χ1) is 10.5. The van der Waals surface area contributed by atoms with E-state index in [9.17, 15) is 4.79 Å². The Balaban J connectivity index is 1.90. The van der Waals surface area contributed by atoms with Crippen LogP contribution in [0.2, 0.25) is 5.02 Å². The maximum atomic E-state index is 12.3. The number of hydrogen-bond donors (Lipinski definition) is 1. The molecule has 0 aromatic heterocycles. The quantitative estimate of drug-likeness (QED) is 0.905. The third kappa shape index (κ3) is 4.97. The van der Waals surface area contributed by atoms with E-state index in [4.69, 9.17) is 16.3 Å². The van der Waals surface area contributed by atoms with Crippen LogP contribution < -0.4 is 5.32 Å². The minimum atomic E-state index is 0.0284. The summed E-state index contributed by atoms with van der Waals surface area (Å²) in [6.45, 7) is 8.18. The summed E-state index contributed by atoms with van der Waals surface area (Å²) < 4.78 is 5.69. The predicted molar refractivity (Wildman–Crippen MR) is 89.1 cm³/mol. The second-order valence-corrected chi connectivity index (χ2v) is 6.47. The topological polar surface area (TPSA) is 41.6 Å². The Hall–Kier alpha value is -1.10. The van der Waals surface area contributed by atoms with Crippen LogP contribution in [-0.2, 0) is 9.53 Å². The molecule has 0 bridgehead atoms. The maximum Gasteiger partial charge on any atom is 0.234 e. The summed E-state index contributed by atoms with van der Waals surface area (Å²) >= 11 is 5.92. The largest absolute Gasteiger partial charge is 0.373 e. The predicted octanol–water partition coefficient (Wildman–Crippen LogP) is 3.02. The molecule has 1 saturated heterocycles. The SMILES string of the molecule is CCC(NC(=O)CN1CC(C)OC(C)C1)c1ccc(Cl)cc1. The lowest BCUT2D eigenvalue weighted by molar-refractivity contribution is -0.126. The first-order valence-corrected chi connectivity index (χ1v) is 8.28. The number of benzene rings is 1. The van der Waals surface area contributed by atoms with Gasteiger partial charge in [-0.1, -0.05) is 30.7 Å². The highest BCUT2D eigenvalue weighted by Crippen LogP contribution is 2.19. The molecule has 2 rings (SSSR count). The van der Waals surface area contributed by atoms with E-state index < -0.39 is 0 Å². The number of nitrogens with one attached hydrogen (secondary N) is 1. The number of hydrogen-bond acceptors (Lipinski definition) is 3. The Morgan fingerprint density at radius 3 is 2.45 bits per heavy atom. The van der Waals surface area contributed by atoms with Gasteiger partial charge < -0.3 is 10.1 Å². The van der Waals surface area contributed by atoms with Gasteiger partial charge >= 0.3 is 0 Å². The highest BCUT2D eigenvalue weighted by molar-refractivity contribution is 6.30. The Bertz CT molecular complexity index is 482. The Morgan fingerprint density at radius 1 is 1.32 bits per heavy atom. The highest BCUT2D eigenvalue weighted by Gasteiger charge is 2.24. The van der Waals surface area contributed by atoms with Crippen LogP contribution in [0.4, 0.5) is 0 Å². The lowest BCUT2D eigenvalue weighted by Crippen LogP contribution is -2.49. The number of morpholine rings is 1. The lowest BCUT2D eigenvalue weighted by Gasteiger charge is -2.35. The van der Waals surface area contributed by atoms with Gasteiger partial charge in [0.2, 0.25) is 5.91 Å². The molecule has 1 heterocycles. The number of carbonyl (C=O) groups is 1.